The number of halogens is 1. The lowest BCUT2D eigenvalue weighted by Gasteiger charge is -2.15. The summed E-state index contributed by atoms with van der Waals surface area (Å²) < 4.78 is 0. The van der Waals surface area contributed by atoms with Gasteiger partial charge in [0.2, 0.25) is 5.95 Å². The molecule has 0 aliphatic heterocycles. The third kappa shape index (κ3) is 4.67. The molecule has 0 fully saturated rings. The zero-order chi connectivity index (χ0) is 20.3. The van der Waals surface area contributed by atoms with E-state index < -0.39 is 0 Å². The number of benzene rings is 1. The number of nitrogens with one attached hydrogen (secondary N) is 3. The Morgan fingerprint density at radius 3 is 2.75 bits per heavy atom. The molecular formula is C20H22ClN5O2. The topological polar surface area (TPSA) is 99.8 Å². The van der Waals surface area contributed by atoms with Crippen LogP contribution in [0.3, 0.4) is 0 Å². The van der Waals surface area contributed by atoms with Gasteiger partial charge >= 0.3 is 0 Å². The van der Waals surface area contributed by atoms with Crippen LogP contribution >= 0.6 is 11.6 Å². The maximum absolute atomic E-state index is 12.4. The number of carbonyl (C=O) groups is 1. The molecule has 1 atom stereocenters. The number of hydrogen-bond acceptors (Lipinski definition) is 5. The third-order valence-electron chi connectivity index (χ3n) is 4.21. The van der Waals surface area contributed by atoms with E-state index in [1.165, 1.54) is 6.20 Å². The number of pyridine rings is 1. The quantitative estimate of drug-likeness (QED) is 0.588. The van der Waals surface area contributed by atoms with E-state index in [2.05, 4.69) is 25.6 Å². The number of aromatic amines is 1. The number of anilines is 1. The van der Waals surface area contributed by atoms with Gasteiger partial charge in [-0.1, -0.05) is 25.4 Å². The Hall–Kier alpha value is -2.93. The molecule has 1 amide bonds. The third-order valence-corrected chi connectivity index (χ3v) is 4.44. The summed E-state index contributed by atoms with van der Waals surface area (Å²) in [5.41, 5.74) is 1.30. The van der Waals surface area contributed by atoms with E-state index in [0.717, 1.165) is 5.39 Å². The fraction of sp³-hybridized carbons (Fsp3) is 0.300. The van der Waals surface area contributed by atoms with Gasteiger partial charge in [-0.3, -0.25) is 9.59 Å². The Balaban J connectivity index is 1.81. The molecule has 0 aliphatic rings. The van der Waals surface area contributed by atoms with Crippen molar-refractivity contribution in [2.24, 2.45) is 5.92 Å². The van der Waals surface area contributed by atoms with Crippen LogP contribution in [0.15, 0.2) is 41.3 Å². The summed E-state index contributed by atoms with van der Waals surface area (Å²) in [5.74, 6) is 0.358. The average Bonchev–Trinajstić information content (AvgIpc) is 2.66. The van der Waals surface area contributed by atoms with E-state index >= 15 is 0 Å². The molecule has 3 aromatic rings. The molecule has 8 heteroatoms. The lowest BCUT2D eigenvalue weighted by molar-refractivity contribution is 0.0944. The summed E-state index contributed by atoms with van der Waals surface area (Å²) in [5, 5.41) is 7.33. The van der Waals surface area contributed by atoms with Crippen molar-refractivity contribution in [1.82, 2.24) is 20.3 Å². The Bertz CT molecular complexity index is 1060. The first-order valence-electron chi connectivity index (χ1n) is 9.03. The van der Waals surface area contributed by atoms with Gasteiger partial charge in [0.25, 0.3) is 11.5 Å². The van der Waals surface area contributed by atoms with Crippen molar-refractivity contribution in [2.45, 2.75) is 26.8 Å². The lowest BCUT2D eigenvalue weighted by atomic mass is 10.1. The first-order chi connectivity index (χ1) is 13.3. The van der Waals surface area contributed by atoms with E-state index in [4.69, 9.17) is 11.6 Å². The van der Waals surface area contributed by atoms with Crippen molar-refractivity contribution < 1.29 is 4.79 Å². The second-order valence-electron chi connectivity index (χ2n) is 7.02. The highest BCUT2D eigenvalue weighted by atomic mass is 35.5. The van der Waals surface area contributed by atoms with Gasteiger partial charge in [-0.05, 0) is 43.2 Å². The van der Waals surface area contributed by atoms with Gasteiger partial charge in [0.15, 0.2) is 0 Å². The summed E-state index contributed by atoms with van der Waals surface area (Å²) in [4.78, 5) is 35.9. The number of fused-ring (bicyclic) bond motifs is 1. The summed E-state index contributed by atoms with van der Waals surface area (Å²) >= 11 is 6.05. The molecule has 2 aromatic heterocycles. The highest BCUT2D eigenvalue weighted by Gasteiger charge is 2.14. The van der Waals surface area contributed by atoms with Gasteiger partial charge in [-0.15, -0.1) is 0 Å². The van der Waals surface area contributed by atoms with Crippen LogP contribution in [-0.2, 0) is 0 Å². The van der Waals surface area contributed by atoms with Crippen molar-refractivity contribution in [3.05, 3.63) is 63.2 Å². The molecule has 2 heterocycles. The monoisotopic (exact) mass is 399 g/mol. The van der Waals surface area contributed by atoms with Crippen LogP contribution in [-0.4, -0.2) is 27.4 Å². The standard InChI is InChI=1S/C20H22ClN5O2/c1-11(2)10-23-19(28)17-6-7-22-20(26-17)24-12(3)15-9-13-8-14(21)4-5-16(13)25-18(15)27/h4-9,11-12H,10H2,1-3H3,(H,23,28)(H,25,27)(H,22,24,26)/t12-/m0/s1. The van der Waals surface area contributed by atoms with Gasteiger partial charge in [0.1, 0.15) is 5.69 Å². The molecule has 7 nitrogen and oxygen atoms in total. The number of nitrogens with zero attached hydrogens (tertiary/aromatic N) is 2. The van der Waals surface area contributed by atoms with Crippen LogP contribution in [0.4, 0.5) is 5.95 Å². The Kier molecular flexibility index (Phi) is 5.94. The largest absolute Gasteiger partial charge is 0.350 e. The van der Waals surface area contributed by atoms with Crippen LogP contribution in [0.25, 0.3) is 10.9 Å². The first-order valence-corrected chi connectivity index (χ1v) is 9.41. The maximum atomic E-state index is 12.4. The Morgan fingerprint density at radius 1 is 1.21 bits per heavy atom. The molecule has 0 bridgehead atoms. The van der Waals surface area contributed by atoms with Crippen LogP contribution in [0.2, 0.25) is 5.02 Å². The SMILES string of the molecule is CC(C)CNC(=O)c1ccnc(N[C@@H](C)c2cc3cc(Cl)ccc3[nH]c2=O)n1. The predicted molar refractivity (Wildman–Crippen MR) is 111 cm³/mol. The fourth-order valence-corrected chi connectivity index (χ4v) is 2.91. The number of hydrogen-bond donors (Lipinski definition) is 3. The summed E-state index contributed by atoms with van der Waals surface area (Å²) in [6.45, 7) is 6.43. The lowest BCUT2D eigenvalue weighted by Crippen LogP contribution is -2.28. The first kappa shape index (κ1) is 19.8. The molecule has 146 valence electrons. The van der Waals surface area contributed by atoms with Crippen molar-refractivity contribution in [1.29, 1.82) is 0 Å². The van der Waals surface area contributed by atoms with Crippen LogP contribution < -0.4 is 16.2 Å². The molecular weight excluding hydrogens is 378 g/mol. The molecule has 0 saturated carbocycles. The maximum Gasteiger partial charge on any atom is 0.270 e. The average molecular weight is 400 g/mol. The van der Waals surface area contributed by atoms with E-state index in [1.54, 1.807) is 30.3 Å². The molecule has 0 saturated heterocycles. The molecule has 0 unspecified atom stereocenters. The number of rotatable bonds is 6. The minimum atomic E-state index is -0.374. The van der Waals surface area contributed by atoms with Gasteiger partial charge in [-0.2, -0.15) is 0 Å². The second kappa shape index (κ2) is 8.39. The zero-order valence-corrected chi connectivity index (χ0v) is 16.7. The normalized spacial score (nSPS) is 12.2. The minimum Gasteiger partial charge on any atom is -0.350 e. The second-order valence-corrected chi connectivity index (χ2v) is 7.46. The van der Waals surface area contributed by atoms with Gasteiger partial charge in [-0.25, -0.2) is 9.97 Å². The molecule has 3 rings (SSSR count). The predicted octanol–water partition coefficient (Wildman–Crippen LogP) is 3.53. The van der Waals surface area contributed by atoms with Crippen molar-refractivity contribution in [3.8, 4) is 0 Å². The van der Waals surface area contributed by atoms with Crippen molar-refractivity contribution in [3.63, 3.8) is 0 Å². The number of H-pyrrole nitrogens is 1. The van der Waals surface area contributed by atoms with Crippen LogP contribution in [0.1, 0.15) is 42.9 Å². The van der Waals surface area contributed by atoms with Crippen molar-refractivity contribution >= 4 is 34.4 Å². The van der Waals surface area contributed by atoms with E-state index in [-0.39, 0.29) is 29.2 Å². The highest BCUT2D eigenvalue weighted by Crippen LogP contribution is 2.21. The summed E-state index contributed by atoms with van der Waals surface area (Å²) in [6, 6.07) is 8.25. The Labute approximate surface area is 167 Å². The molecule has 3 N–H and O–H groups in total. The summed E-state index contributed by atoms with van der Waals surface area (Å²) in [6.07, 6.45) is 1.51. The van der Waals surface area contributed by atoms with E-state index in [9.17, 15) is 9.59 Å². The molecule has 0 radical (unpaired) electrons. The van der Waals surface area contributed by atoms with E-state index in [1.807, 2.05) is 20.8 Å². The number of amides is 1. The Morgan fingerprint density at radius 2 is 2.00 bits per heavy atom. The van der Waals surface area contributed by atoms with Gasteiger partial charge in [0, 0.05) is 34.2 Å². The van der Waals surface area contributed by atoms with E-state index in [0.29, 0.717) is 28.6 Å². The molecule has 1 aromatic carbocycles. The van der Waals surface area contributed by atoms with Crippen LogP contribution in [0, 0.1) is 5.92 Å². The summed E-state index contributed by atoms with van der Waals surface area (Å²) in [7, 11) is 0. The highest BCUT2D eigenvalue weighted by molar-refractivity contribution is 6.31. The molecule has 0 aliphatic carbocycles. The fourth-order valence-electron chi connectivity index (χ4n) is 2.73. The molecule has 0 spiro atoms. The number of aromatic nitrogens is 3. The van der Waals surface area contributed by atoms with Crippen molar-refractivity contribution in [2.75, 3.05) is 11.9 Å². The smallest absolute Gasteiger partial charge is 0.270 e. The minimum absolute atomic E-state index is 0.208. The van der Waals surface area contributed by atoms with Gasteiger partial charge in [0.05, 0.1) is 6.04 Å². The molecule has 28 heavy (non-hydrogen) atoms. The van der Waals surface area contributed by atoms with Crippen LogP contribution in [0.5, 0.6) is 0 Å². The zero-order valence-electron chi connectivity index (χ0n) is 15.9. The number of carbonyl (C=O) groups excluding carboxylic acids is 1. The van der Waals surface area contributed by atoms with Gasteiger partial charge < -0.3 is 15.6 Å².